The van der Waals surface area contributed by atoms with Crippen LogP contribution in [0, 0.1) is 0 Å². The summed E-state index contributed by atoms with van der Waals surface area (Å²) >= 11 is 0. The molecule has 36 heavy (non-hydrogen) atoms. The first-order valence-corrected chi connectivity index (χ1v) is 12.0. The summed E-state index contributed by atoms with van der Waals surface area (Å²) in [5, 5.41) is 16.3. The summed E-state index contributed by atoms with van der Waals surface area (Å²) in [5.74, 6) is 1.76. The molecule has 3 N–H and O–H groups in total. The molecule has 0 atom stereocenters. The number of aliphatic hydroxyl groups excluding tert-OH is 1. The molecule has 8 nitrogen and oxygen atoms in total. The maximum absolute atomic E-state index is 12.1. The monoisotopic (exact) mass is 481 g/mol. The summed E-state index contributed by atoms with van der Waals surface area (Å²) in [6.45, 7) is 2.81. The van der Waals surface area contributed by atoms with Gasteiger partial charge in [0.1, 0.15) is 18.2 Å². The molecule has 0 aliphatic carbocycles. The number of benzene rings is 3. The van der Waals surface area contributed by atoms with E-state index in [1.807, 2.05) is 61.7 Å². The van der Waals surface area contributed by atoms with Crippen LogP contribution < -0.4 is 15.4 Å². The second kappa shape index (κ2) is 10.5. The highest BCUT2D eigenvalue weighted by Gasteiger charge is 2.14. The highest BCUT2D eigenvalue weighted by molar-refractivity contribution is 5.95. The molecule has 1 aliphatic rings. The lowest BCUT2D eigenvalue weighted by Crippen LogP contribution is -2.10. The number of anilines is 3. The maximum Gasteiger partial charge on any atom is 0.224 e. The number of aromatic nitrogens is 2. The predicted octanol–water partition coefficient (Wildman–Crippen LogP) is 5.08. The van der Waals surface area contributed by atoms with E-state index in [-0.39, 0.29) is 19.1 Å². The minimum Gasteiger partial charge on any atom is -0.491 e. The first-order chi connectivity index (χ1) is 17.6. The molecule has 2 heterocycles. The van der Waals surface area contributed by atoms with Crippen LogP contribution in [0.1, 0.15) is 30.9 Å². The fourth-order valence-corrected chi connectivity index (χ4v) is 4.09. The second-order valence-electron chi connectivity index (χ2n) is 8.53. The van der Waals surface area contributed by atoms with Gasteiger partial charge in [-0.25, -0.2) is 9.97 Å². The van der Waals surface area contributed by atoms with Gasteiger partial charge in [0.05, 0.1) is 18.7 Å². The molecule has 0 saturated carbocycles. The summed E-state index contributed by atoms with van der Waals surface area (Å²) in [7, 11) is 0. The van der Waals surface area contributed by atoms with E-state index in [1.165, 1.54) is 5.56 Å². The van der Waals surface area contributed by atoms with E-state index in [1.54, 1.807) is 0 Å². The van der Waals surface area contributed by atoms with Gasteiger partial charge in [-0.1, -0.05) is 25.1 Å². The normalized spacial score (nSPS) is 11.9. The van der Waals surface area contributed by atoms with Crippen molar-refractivity contribution >= 4 is 40.2 Å². The summed E-state index contributed by atoms with van der Waals surface area (Å²) in [5.41, 5.74) is 5.39. The zero-order chi connectivity index (χ0) is 24.9. The van der Waals surface area contributed by atoms with Crippen LogP contribution in [0.2, 0.25) is 0 Å². The van der Waals surface area contributed by atoms with E-state index in [9.17, 15) is 4.79 Å². The average Bonchev–Trinajstić information content (AvgIpc) is 3.36. The Kier molecular flexibility index (Phi) is 6.86. The summed E-state index contributed by atoms with van der Waals surface area (Å²) in [6.07, 6.45) is 3.13. The molecule has 1 aliphatic heterocycles. The third-order valence-electron chi connectivity index (χ3n) is 5.81. The van der Waals surface area contributed by atoms with E-state index in [0.717, 1.165) is 34.1 Å². The van der Waals surface area contributed by atoms with Crippen molar-refractivity contribution in [2.75, 3.05) is 23.8 Å². The quantitative estimate of drug-likeness (QED) is 0.308. The number of carbonyl (C=O) groups excluding carboxylic acids is 1. The number of ether oxygens (including phenoxy) is 1. The summed E-state index contributed by atoms with van der Waals surface area (Å²) in [4.78, 5) is 26.1. The molecule has 4 aromatic rings. The number of nitrogens with zero attached hydrogens (tertiary/aromatic N) is 3. The zero-order valence-electron chi connectivity index (χ0n) is 20.0. The topological polar surface area (TPSA) is 109 Å². The van der Waals surface area contributed by atoms with E-state index in [4.69, 9.17) is 19.8 Å². The van der Waals surface area contributed by atoms with Crippen LogP contribution in [-0.2, 0) is 11.3 Å². The lowest BCUT2D eigenvalue weighted by molar-refractivity contribution is -0.116. The fraction of sp³-hybridized carbons (Fsp3) is 0.214. The number of rotatable bonds is 9. The SMILES string of the molecule is CCCC(=O)Nc1cccc(-c2nc(Nc3ccc4c(c3)C=NC4)c3cc(OCCO)ccc3n2)c1. The third kappa shape index (κ3) is 5.18. The number of aliphatic imine (C=N–C) groups is 1. The molecular formula is C28H27N5O3. The van der Waals surface area contributed by atoms with Gasteiger partial charge in [-0.2, -0.15) is 0 Å². The van der Waals surface area contributed by atoms with E-state index < -0.39 is 0 Å². The van der Waals surface area contributed by atoms with Crippen LogP contribution in [0.3, 0.4) is 0 Å². The molecule has 0 unspecified atom stereocenters. The summed E-state index contributed by atoms with van der Waals surface area (Å²) < 4.78 is 5.63. The van der Waals surface area contributed by atoms with Gasteiger partial charge in [0, 0.05) is 35.0 Å². The van der Waals surface area contributed by atoms with Crippen LogP contribution in [0.25, 0.3) is 22.3 Å². The van der Waals surface area contributed by atoms with Crippen LogP contribution >= 0.6 is 0 Å². The van der Waals surface area contributed by atoms with Gasteiger partial charge >= 0.3 is 0 Å². The van der Waals surface area contributed by atoms with Crippen molar-refractivity contribution in [3.63, 3.8) is 0 Å². The van der Waals surface area contributed by atoms with Crippen molar-refractivity contribution in [1.29, 1.82) is 0 Å². The first-order valence-electron chi connectivity index (χ1n) is 12.0. The van der Waals surface area contributed by atoms with Crippen LogP contribution in [-0.4, -0.2) is 40.4 Å². The van der Waals surface area contributed by atoms with Gasteiger partial charge in [0.15, 0.2) is 5.82 Å². The predicted molar refractivity (Wildman–Crippen MR) is 142 cm³/mol. The van der Waals surface area contributed by atoms with Gasteiger partial charge in [-0.3, -0.25) is 9.79 Å². The Morgan fingerprint density at radius 3 is 2.83 bits per heavy atom. The van der Waals surface area contributed by atoms with Crippen LogP contribution in [0.5, 0.6) is 5.75 Å². The van der Waals surface area contributed by atoms with Gasteiger partial charge in [-0.05, 0) is 60.0 Å². The third-order valence-corrected chi connectivity index (χ3v) is 5.81. The van der Waals surface area contributed by atoms with Gasteiger partial charge < -0.3 is 20.5 Å². The Bertz CT molecular complexity index is 1450. The van der Waals surface area contributed by atoms with Gasteiger partial charge in [-0.15, -0.1) is 0 Å². The van der Waals surface area contributed by atoms with E-state index >= 15 is 0 Å². The fourth-order valence-electron chi connectivity index (χ4n) is 4.09. The van der Waals surface area contributed by atoms with E-state index in [0.29, 0.717) is 36.0 Å². The molecule has 5 rings (SSSR count). The summed E-state index contributed by atoms with van der Waals surface area (Å²) in [6, 6.07) is 19.2. The molecule has 182 valence electrons. The standard InChI is InChI=1S/C28H27N5O3/c1-2-4-26(35)30-21-6-3-5-18(13-21)27-32-25-10-9-23(36-12-11-34)15-24(25)28(33-27)31-22-8-7-19-16-29-17-20(19)14-22/h3,5-10,13-15,17,34H,2,4,11-12,16H2,1H3,(H,30,35)(H,31,32,33). The smallest absolute Gasteiger partial charge is 0.224 e. The molecular weight excluding hydrogens is 454 g/mol. The molecule has 0 radical (unpaired) electrons. The second-order valence-corrected chi connectivity index (χ2v) is 8.53. The van der Waals surface area contributed by atoms with Crippen LogP contribution in [0.4, 0.5) is 17.2 Å². The number of amides is 1. The van der Waals surface area contributed by atoms with Crippen LogP contribution in [0.15, 0.2) is 65.7 Å². The van der Waals surface area contributed by atoms with Crippen molar-refractivity contribution in [2.24, 2.45) is 4.99 Å². The number of carbonyl (C=O) groups is 1. The Labute approximate surface area is 209 Å². The molecule has 0 bridgehead atoms. The van der Waals surface area contributed by atoms with Crippen molar-refractivity contribution in [3.05, 3.63) is 71.8 Å². The lowest BCUT2D eigenvalue weighted by Gasteiger charge is -2.14. The zero-order valence-corrected chi connectivity index (χ0v) is 20.0. The largest absolute Gasteiger partial charge is 0.491 e. The van der Waals surface area contributed by atoms with E-state index in [2.05, 4.69) is 27.8 Å². The minimum absolute atomic E-state index is 0.0213. The minimum atomic E-state index is -0.0691. The molecule has 0 fully saturated rings. The maximum atomic E-state index is 12.1. The number of fused-ring (bicyclic) bond motifs is 2. The van der Waals surface area contributed by atoms with Crippen molar-refractivity contribution in [1.82, 2.24) is 9.97 Å². The highest BCUT2D eigenvalue weighted by Crippen LogP contribution is 2.31. The first kappa shape index (κ1) is 23.4. The van der Waals surface area contributed by atoms with Crippen molar-refractivity contribution in [3.8, 4) is 17.1 Å². The molecule has 1 aromatic heterocycles. The number of hydrogen-bond acceptors (Lipinski definition) is 7. The Morgan fingerprint density at radius 2 is 1.97 bits per heavy atom. The number of hydrogen-bond donors (Lipinski definition) is 3. The average molecular weight is 482 g/mol. The Hall–Kier alpha value is -4.30. The Morgan fingerprint density at radius 1 is 1.06 bits per heavy atom. The van der Waals surface area contributed by atoms with Gasteiger partial charge in [0.25, 0.3) is 0 Å². The van der Waals surface area contributed by atoms with Gasteiger partial charge in [0.2, 0.25) is 5.91 Å². The molecule has 0 saturated heterocycles. The Balaban J connectivity index is 1.55. The number of aliphatic hydroxyl groups is 1. The lowest BCUT2D eigenvalue weighted by atomic mass is 10.1. The van der Waals surface area contributed by atoms with Crippen molar-refractivity contribution < 1.29 is 14.6 Å². The molecule has 0 spiro atoms. The number of nitrogens with one attached hydrogen (secondary N) is 2. The molecule has 8 heteroatoms. The molecule has 1 amide bonds. The molecule has 3 aromatic carbocycles. The highest BCUT2D eigenvalue weighted by atomic mass is 16.5. The van der Waals surface area contributed by atoms with Crippen molar-refractivity contribution in [2.45, 2.75) is 26.3 Å².